The van der Waals surface area contributed by atoms with E-state index in [-0.39, 0.29) is 0 Å². The van der Waals surface area contributed by atoms with E-state index in [4.69, 9.17) is 5.53 Å². The highest BCUT2D eigenvalue weighted by Gasteiger charge is 1.93. The standard InChI is InChI=1S/C5H10N2/c1-4(2)5(3)7-6/h4,6H,3H2,1-2H3. The summed E-state index contributed by atoms with van der Waals surface area (Å²) in [5.41, 5.74) is 7.10. The van der Waals surface area contributed by atoms with E-state index < -0.39 is 0 Å². The van der Waals surface area contributed by atoms with E-state index in [1.54, 1.807) is 0 Å². The van der Waals surface area contributed by atoms with Gasteiger partial charge >= 0.3 is 0 Å². The average Bonchev–Trinajstić information content (AvgIpc) is 1.65. The largest absolute Gasteiger partial charge is 0.205 e. The molecule has 0 rings (SSSR count). The minimum Gasteiger partial charge on any atom is -0.205 e. The molecule has 0 atom stereocenters. The maximum absolute atomic E-state index is 6.46. The molecular formula is C5H10N2. The van der Waals surface area contributed by atoms with Crippen molar-refractivity contribution in [1.82, 2.24) is 0 Å². The highest BCUT2D eigenvalue weighted by Crippen LogP contribution is 2.05. The summed E-state index contributed by atoms with van der Waals surface area (Å²) >= 11 is 0. The Labute approximate surface area is 43.7 Å². The van der Waals surface area contributed by atoms with Gasteiger partial charge in [-0.05, 0) is 5.92 Å². The molecule has 2 nitrogen and oxygen atoms in total. The molecule has 0 aliphatic rings. The molecule has 0 spiro atoms. The fourth-order valence-electron chi connectivity index (χ4n) is 0.129. The lowest BCUT2D eigenvalue weighted by Gasteiger charge is -1.96. The number of hydrogen-bond donors (Lipinski definition) is 1. The van der Waals surface area contributed by atoms with E-state index >= 15 is 0 Å². The number of allylic oxidation sites excluding steroid dienone is 1. The molecule has 2 heteroatoms. The fraction of sp³-hybridized carbons (Fsp3) is 0.600. The maximum Gasteiger partial charge on any atom is 0.0577 e. The van der Waals surface area contributed by atoms with Crippen LogP contribution in [0.4, 0.5) is 0 Å². The molecule has 0 aromatic rings. The fourth-order valence-corrected chi connectivity index (χ4v) is 0.129. The molecule has 0 aromatic heterocycles. The van der Waals surface area contributed by atoms with Gasteiger partial charge in [0.25, 0.3) is 0 Å². The van der Waals surface area contributed by atoms with Crippen LogP contribution in [0.3, 0.4) is 0 Å². The molecule has 0 radical (unpaired) electrons. The molecule has 0 unspecified atom stereocenters. The molecule has 0 aliphatic carbocycles. The van der Waals surface area contributed by atoms with Gasteiger partial charge in [0.1, 0.15) is 0 Å². The minimum absolute atomic E-state index is 0.317. The van der Waals surface area contributed by atoms with Crippen LogP contribution < -0.4 is 0 Å². The zero-order valence-electron chi connectivity index (χ0n) is 4.73. The Morgan fingerprint density at radius 3 is 2.14 bits per heavy atom. The number of nitrogens with zero attached hydrogens (tertiary/aromatic N) is 1. The predicted molar refractivity (Wildman–Crippen MR) is 29.1 cm³/mol. The van der Waals surface area contributed by atoms with E-state index in [0.717, 1.165) is 0 Å². The van der Waals surface area contributed by atoms with Crippen molar-refractivity contribution in [3.8, 4) is 0 Å². The average molecular weight is 98.1 g/mol. The summed E-state index contributed by atoms with van der Waals surface area (Å²) in [5.74, 6) is 0.317. The second-order valence-corrected chi connectivity index (χ2v) is 1.76. The van der Waals surface area contributed by atoms with Crippen molar-refractivity contribution in [2.75, 3.05) is 0 Å². The Kier molecular flexibility index (Phi) is 2.27. The van der Waals surface area contributed by atoms with Crippen LogP contribution in [0.1, 0.15) is 13.8 Å². The zero-order valence-corrected chi connectivity index (χ0v) is 4.73. The van der Waals surface area contributed by atoms with Gasteiger partial charge < -0.3 is 0 Å². The van der Waals surface area contributed by atoms with Gasteiger partial charge in [0, 0.05) is 0 Å². The van der Waals surface area contributed by atoms with Crippen molar-refractivity contribution in [3.63, 3.8) is 0 Å². The van der Waals surface area contributed by atoms with Crippen LogP contribution >= 0.6 is 0 Å². The van der Waals surface area contributed by atoms with E-state index in [0.29, 0.717) is 11.6 Å². The van der Waals surface area contributed by atoms with Crippen molar-refractivity contribution in [1.29, 1.82) is 5.53 Å². The summed E-state index contributed by atoms with van der Waals surface area (Å²) in [5, 5.41) is 3.14. The summed E-state index contributed by atoms with van der Waals surface area (Å²) < 4.78 is 0. The first-order chi connectivity index (χ1) is 3.18. The second-order valence-electron chi connectivity index (χ2n) is 1.76. The van der Waals surface area contributed by atoms with Crippen LogP contribution in [-0.2, 0) is 0 Å². The molecule has 0 amide bonds. The van der Waals surface area contributed by atoms with Gasteiger partial charge in [-0.2, -0.15) is 5.11 Å². The number of rotatable bonds is 2. The van der Waals surface area contributed by atoms with Gasteiger partial charge in [0.05, 0.1) is 5.70 Å². The third kappa shape index (κ3) is 2.09. The van der Waals surface area contributed by atoms with Gasteiger partial charge in [-0.1, -0.05) is 20.4 Å². The van der Waals surface area contributed by atoms with E-state index in [1.165, 1.54) is 0 Å². The Hall–Kier alpha value is -0.660. The van der Waals surface area contributed by atoms with Crippen molar-refractivity contribution < 1.29 is 0 Å². The molecular weight excluding hydrogens is 88.1 g/mol. The van der Waals surface area contributed by atoms with Gasteiger partial charge in [-0.3, -0.25) is 0 Å². The van der Waals surface area contributed by atoms with Crippen molar-refractivity contribution >= 4 is 0 Å². The monoisotopic (exact) mass is 98.1 g/mol. The van der Waals surface area contributed by atoms with Crippen LogP contribution in [0.15, 0.2) is 17.4 Å². The molecule has 0 saturated heterocycles. The summed E-state index contributed by atoms with van der Waals surface area (Å²) in [7, 11) is 0. The highest BCUT2D eigenvalue weighted by atomic mass is 15.0. The Balaban J connectivity index is 3.56. The topological polar surface area (TPSA) is 36.2 Å². The summed E-state index contributed by atoms with van der Waals surface area (Å²) in [6, 6.07) is 0. The first-order valence-electron chi connectivity index (χ1n) is 2.24. The first-order valence-corrected chi connectivity index (χ1v) is 2.24. The summed E-state index contributed by atoms with van der Waals surface area (Å²) in [6.07, 6.45) is 0. The minimum atomic E-state index is 0.317. The third-order valence-electron chi connectivity index (χ3n) is 0.810. The van der Waals surface area contributed by atoms with Crippen LogP contribution in [0, 0.1) is 11.4 Å². The smallest absolute Gasteiger partial charge is 0.0577 e. The number of hydrogen-bond acceptors (Lipinski definition) is 2. The SMILES string of the molecule is C=C(N=N)C(C)C. The molecule has 0 bridgehead atoms. The normalized spacial score (nSPS) is 9.00. The van der Waals surface area contributed by atoms with Gasteiger partial charge in [-0.25, -0.2) is 5.53 Å². The molecule has 0 aromatic carbocycles. The van der Waals surface area contributed by atoms with Gasteiger partial charge in [0.15, 0.2) is 0 Å². The van der Waals surface area contributed by atoms with E-state index in [2.05, 4.69) is 11.7 Å². The molecule has 0 heterocycles. The van der Waals surface area contributed by atoms with Crippen LogP contribution in [0.5, 0.6) is 0 Å². The Bertz CT molecular complexity index is 84.1. The molecule has 7 heavy (non-hydrogen) atoms. The first kappa shape index (κ1) is 6.34. The van der Waals surface area contributed by atoms with Crippen LogP contribution in [0.2, 0.25) is 0 Å². The van der Waals surface area contributed by atoms with Gasteiger partial charge in [0.2, 0.25) is 0 Å². The lowest BCUT2D eigenvalue weighted by atomic mass is 10.2. The maximum atomic E-state index is 6.46. The second kappa shape index (κ2) is 2.50. The predicted octanol–water partition coefficient (Wildman–Crippen LogP) is 2.19. The van der Waals surface area contributed by atoms with E-state index in [1.807, 2.05) is 13.8 Å². The van der Waals surface area contributed by atoms with Gasteiger partial charge in [-0.15, -0.1) is 0 Å². The lowest BCUT2D eigenvalue weighted by molar-refractivity contribution is 0.736. The quantitative estimate of drug-likeness (QED) is 0.514. The molecule has 0 aliphatic heterocycles. The highest BCUT2D eigenvalue weighted by molar-refractivity contribution is 4.91. The lowest BCUT2D eigenvalue weighted by Crippen LogP contribution is -1.85. The third-order valence-corrected chi connectivity index (χ3v) is 0.810. The van der Waals surface area contributed by atoms with Crippen LogP contribution in [0.25, 0.3) is 0 Å². The Morgan fingerprint density at radius 2 is 2.14 bits per heavy atom. The number of nitrogens with one attached hydrogen (secondary N) is 1. The van der Waals surface area contributed by atoms with Crippen molar-refractivity contribution in [2.45, 2.75) is 13.8 Å². The zero-order chi connectivity index (χ0) is 5.86. The molecule has 40 valence electrons. The molecule has 0 saturated carbocycles. The Morgan fingerprint density at radius 1 is 1.71 bits per heavy atom. The van der Waals surface area contributed by atoms with Crippen molar-refractivity contribution in [2.24, 2.45) is 11.0 Å². The summed E-state index contributed by atoms with van der Waals surface area (Å²) in [4.78, 5) is 0. The molecule has 1 N–H and O–H groups in total. The van der Waals surface area contributed by atoms with Crippen molar-refractivity contribution in [3.05, 3.63) is 12.3 Å². The molecule has 0 fully saturated rings. The van der Waals surface area contributed by atoms with E-state index in [9.17, 15) is 0 Å². The summed E-state index contributed by atoms with van der Waals surface area (Å²) in [6.45, 7) is 7.44. The van der Waals surface area contributed by atoms with Crippen LogP contribution in [-0.4, -0.2) is 0 Å².